The number of aromatic nitrogens is 1. The smallest absolute Gasteiger partial charge is 0.375 e. The zero-order chi connectivity index (χ0) is 18.6. The fraction of sp³-hybridized carbons (Fsp3) is 0.389. The van der Waals surface area contributed by atoms with Crippen LogP contribution in [0, 0.1) is 5.92 Å². The van der Waals surface area contributed by atoms with Crippen LogP contribution in [0.4, 0.5) is 0 Å². The number of nitrogens with zero attached hydrogens (tertiary/aromatic N) is 1. The van der Waals surface area contributed by atoms with Crippen molar-refractivity contribution in [3.63, 3.8) is 0 Å². The summed E-state index contributed by atoms with van der Waals surface area (Å²) in [7, 11) is 1.56. The first kappa shape index (κ1) is 18.5. The van der Waals surface area contributed by atoms with E-state index in [0.717, 1.165) is 0 Å². The van der Waals surface area contributed by atoms with E-state index in [-0.39, 0.29) is 17.6 Å². The Morgan fingerprint density at radius 3 is 2.40 bits per heavy atom. The number of hydrogen-bond acceptors (Lipinski definition) is 5. The topological polar surface area (TPSA) is 102 Å². The van der Waals surface area contributed by atoms with Gasteiger partial charge in [-0.15, -0.1) is 0 Å². The van der Waals surface area contributed by atoms with E-state index < -0.39 is 12.0 Å². The van der Waals surface area contributed by atoms with Gasteiger partial charge in [0.2, 0.25) is 11.7 Å². The van der Waals surface area contributed by atoms with Gasteiger partial charge in [-0.2, -0.15) is 0 Å². The monoisotopic (exact) mass is 346 g/mol. The second-order valence-electron chi connectivity index (χ2n) is 6.19. The van der Waals surface area contributed by atoms with E-state index in [9.17, 15) is 14.7 Å². The average Bonchev–Trinajstić information content (AvgIpc) is 2.99. The van der Waals surface area contributed by atoms with E-state index in [4.69, 9.17) is 9.26 Å². The Labute approximate surface area is 146 Å². The van der Waals surface area contributed by atoms with Gasteiger partial charge in [0, 0.05) is 12.0 Å². The number of benzene rings is 1. The summed E-state index contributed by atoms with van der Waals surface area (Å²) in [5, 5.41) is 16.1. The number of amides is 1. The molecule has 0 aliphatic heterocycles. The molecule has 0 saturated carbocycles. The third-order valence-electron chi connectivity index (χ3n) is 3.69. The van der Waals surface area contributed by atoms with E-state index in [2.05, 4.69) is 10.5 Å². The number of aromatic carboxylic acids is 1. The molecule has 1 aromatic carbocycles. The first-order valence-corrected chi connectivity index (χ1v) is 8.00. The van der Waals surface area contributed by atoms with Crippen LogP contribution in [-0.2, 0) is 4.79 Å². The fourth-order valence-electron chi connectivity index (χ4n) is 2.55. The summed E-state index contributed by atoms with van der Waals surface area (Å²) in [5.41, 5.74) is 1.41. The van der Waals surface area contributed by atoms with E-state index in [1.807, 2.05) is 13.8 Å². The third-order valence-corrected chi connectivity index (χ3v) is 3.69. The summed E-state index contributed by atoms with van der Waals surface area (Å²) in [4.78, 5) is 23.5. The Morgan fingerprint density at radius 1 is 1.24 bits per heavy atom. The number of ether oxygens (including phenoxy) is 1. The molecular formula is C18H22N2O5. The van der Waals surface area contributed by atoms with Crippen LogP contribution in [0.25, 0.3) is 11.3 Å². The average molecular weight is 346 g/mol. The molecule has 25 heavy (non-hydrogen) atoms. The number of carboxylic acids is 1. The molecule has 0 fully saturated rings. The van der Waals surface area contributed by atoms with Crippen molar-refractivity contribution < 1.29 is 24.0 Å². The Hall–Kier alpha value is -2.83. The second kappa shape index (κ2) is 7.83. The Balaban J connectivity index is 2.38. The van der Waals surface area contributed by atoms with Crippen LogP contribution in [0.1, 0.15) is 49.4 Å². The van der Waals surface area contributed by atoms with Crippen molar-refractivity contribution in [2.75, 3.05) is 7.11 Å². The maximum atomic E-state index is 12.0. The summed E-state index contributed by atoms with van der Waals surface area (Å²) in [5.74, 6) is -0.781. The second-order valence-corrected chi connectivity index (χ2v) is 6.19. The van der Waals surface area contributed by atoms with E-state index in [0.29, 0.717) is 29.0 Å². The van der Waals surface area contributed by atoms with Gasteiger partial charge in [-0.25, -0.2) is 4.79 Å². The van der Waals surface area contributed by atoms with Crippen LogP contribution in [0.15, 0.2) is 28.8 Å². The summed E-state index contributed by atoms with van der Waals surface area (Å²) < 4.78 is 10.1. The number of rotatable bonds is 7. The lowest BCUT2D eigenvalue weighted by molar-refractivity contribution is -0.122. The molecule has 1 heterocycles. The van der Waals surface area contributed by atoms with Gasteiger partial charge in [0.15, 0.2) is 0 Å². The summed E-state index contributed by atoms with van der Waals surface area (Å²) in [6.45, 7) is 5.59. The van der Waals surface area contributed by atoms with Crippen molar-refractivity contribution in [1.82, 2.24) is 10.5 Å². The molecule has 2 aromatic rings. The van der Waals surface area contributed by atoms with Crippen LogP contribution < -0.4 is 10.1 Å². The maximum Gasteiger partial charge on any atom is 0.375 e. The first-order chi connectivity index (χ1) is 11.8. The van der Waals surface area contributed by atoms with Crippen molar-refractivity contribution in [2.45, 2.75) is 33.2 Å². The SMILES string of the molecule is COc1ccc(-c2noc(C(=O)O)c2[C@@H](C)NC(=O)CC(C)C)cc1. The highest BCUT2D eigenvalue weighted by Gasteiger charge is 2.28. The summed E-state index contributed by atoms with van der Waals surface area (Å²) in [6, 6.07) is 6.45. The van der Waals surface area contributed by atoms with E-state index in [1.165, 1.54) is 0 Å². The highest BCUT2D eigenvalue weighted by Crippen LogP contribution is 2.31. The summed E-state index contributed by atoms with van der Waals surface area (Å²) >= 11 is 0. The molecule has 0 aliphatic rings. The molecule has 0 aliphatic carbocycles. The molecule has 1 aromatic heterocycles. The molecule has 7 nitrogen and oxygen atoms in total. The van der Waals surface area contributed by atoms with Gasteiger partial charge in [0.1, 0.15) is 11.4 Å². The van der Waals surface area contributed by atoms with Gasteiger partial charge in [-0.1, -0.05) is 19.0 Å². The first-order valence-electron chi connectivity index (χ1n) is 8.00. The zero-order valence-electron chi connectivity index (χ0n) is 14.7. The third kappa shape index (κ3) is 4.37. The standard InChI is InChI=1S/C18H22N2O5/c1-10(2)9-14(21)19-11(3)15-16(20-25-17(15)18(22)23)12-5-7-13(24-4)8-6-12/h5-8,10-11H,9H2,1-4H3,(H,19,21)(H,22,23)/t11-/m1/s1. The van der Waals surface area contributed by atoms with Crippen LogP contribution in [0.2, 0.25) is 0 Å². The molecule has 1 atom stereocenters. The summed E-state index contributed by atoms with van der Waals surface area (Å²) in [6.07, 6.45) is 0.357. The Bertz CT molecular complexity index is 749. The van der Waals surface area contributed by atoms with Crippen molar-refractivity contribution >= 4 is 11.9 Å². The molecule has 0 bridgehead atoms. The van der Waals surface area contributed by atoms with Crippen molar-refractivity contribution in [3.8, 4) is 17.0 Å². The predicted molar refractivity (Wildman–Crippen MR) is 91.5 cm³/mol. The highest BCUT2D eigenvalue weighted by molar-refractivity contribution is 5.89. The van der Waals surface area contributed by atoms with Crippen LogP contribution in [0.3, 0.4) is 0 Å². The lowest BCUT2D eigenvalue weighted by Crippen LogP contribution is -2.28. The van der Waals surface area contributed by atoms with Crippen molar-refractivity contribution in [3.05, 3.63) is 35.6 Å². The van der Waals surface area contributed by atoms with Gasteiger partial charge in [0.05, 0.1) is 18.7 Å². The van der Waals surface area contributed by atoms with E-state index in [1.54, 1.807) is 38.3 Å². The van der Waals surface area contributed by atoms with Gasteiger partial charge in [-0.3, -0.25) is 4.79 Å². The van der Waals surface area contributed by atoms with Gasteiger partial charge >= 0.3 is 5.97 Å². The van der Waals surface area contributed by atoms with Gasteiger partial charge in [0.25, 0.3) is 0 Å². The molecule has 0 spiro atoms. The minimum Gasteiger partial charge on any atom is -0.497 e. The number of methoxy groups -OCH3 is 1. The number of hydrogen-bond donors (Lipinski definition) is 2. The Kier molecular flexibility index (Phi) is 5.80. The molecule has 0 saturated heterocycles. The molecule has 1 amide bonds. The number of carbonyl (C=O) groups is 2. The molecule has 0 radical (unpaired) electrons. The largest absolute Gasteiger partial charge is 0.497 e. The normalized spacial score (nSPS) is 12.0. The fourth-order valence-corrected chi connectivity index (χ4v) is 2.55. The molecule has 134 valence electrons. The van der Waals surface area contributed by atoms with Crippen molar-refractivity contribution in [1.29, 1.82) is 0 Å². The minimum atomic E-state index is -1.23. The zero-order valence-corrected chi connectivity index (χ0v) is 14.7. The van der Waals surface area contributed by atoms with Crippen LogP contribution in [-0.4, -0.2) is 29.2 Å². The van der Waals surface area contributed by atoms with Gasteiger partial charge < -0.3 is 19.7 Å². The molecule has 2 rings (SSSR count). The lowest BCUT2D eigenvalue weighted by atomic mass is 10.00. The molecule has 0 unspecified atom stereocenters. The quantitative estimate of drug-likeness (QED) is 0.798. The lowest BCUT2D eigenvalue weighted by Gasteiger charge is -2.15. The van der Waals surface area contributed by atoms with Gasteiger partial charge in [-0.05, 0) is 37.1 Å². The molecular weight excluding hydrogens is 324 g/mol. The maximum absolute atomic E-state index is 12.0. The van der Waals surface area contributed by atoms with E-state index >= 15 is 0 Å². The van der Waals surface area contributed by atoms with Crippen LogP contribution >= 0.6 is 0 Å². The number of carboxylic acid groups (broad SMARTS) is 1. The predicted octanol–water partition coefficient (Wildman–Crippen LogP) is 3.27. The number of carbonyl (C=O) groups excluding carboxylic acids is 1. The Morgan fingerprint density at radius 2 is 1.88 bits per heavy atom. The van der Waals surface area contributed by atoms with Crippen LogP contribution in [0.5, 0.6) is 5.75 Å². The number of nitrogens with one attached hydrogen (secondary N) is 1. The molecule has 2 N–H and O–H groups in total. The highest BCUT2D eigenvalue weighted by atomic mass is 16.5. The molecule has 7 heteroatoms. The minimum absolute atomic E-state index is 0.152. The van der Waals surface area contributed by atoms with Crippen molar-refractivity contribution in [2.24, 2.45) is 5.92 Å².